The van der Waals surface area contributed by atoms with Crippen LogP contribution in [0.1, 0.15) is 62.8 Å². The van der Waals surface area contributed by atoms with Gasteiger partial charge in [-0.3, -0.25) is 4.68 Å². The number of hydrogen-bond donors (Lipinski definition) is 1. The first kappa shape index (κ1) is 15.8. The molecule has 0 radical (unpaired) electrons. The SMILES string of the molecule is CCCn1cc(C(NCC)c2ccc(C(C)C)cc2)cn1. The molecule has 0 fully saturated rings. The Labute approximate surface area is 128 Å². The second-order valence-electron chi connectivity index (χ2n) is 5.85. The molecule has 2 rings (SSSR count). The number of benzene rings is 1. The molecule has 1 heterocycles. The van der Waals surface area contributed by atoms with Gasteiger partial charge in [0.25, 0.3) is 0 Å². The van der Waals surface area contributed by atoms with Gasteiger partial charge in [0, 0.05) is 18.3 Å². The van der Waals surface area contributed by atoms with E-state index in [1.165, 1.54) is 16.7 Å². The first-order chi connectivity index (χ1) is 10.2. The van der Waals surface area contributed by atoms with Gasteiger partial charge in [-0.1, -0.05) is 52.0 Å². The Kier molecular flexibility index (Phi) is 5.57. The molecule has 114 valence electrons. The fourth-order valence-corrected chi connectivity index (χ4v) is 2.59. The summed E-state index contributed by atoms with van der Waals surface area (Å²) in [4.78, 5) is 0. The largest absolute Gasteiger partial charge is 0.306 e. The van der Waals surface area contributed by atoms with Crippen LogP contribution in [-0.4, -0.2) is 16.3 Å². The normalized spacial score (nSPS) is 12.8. The average Bonchev–Trinajstić information content (AvgIpc) is 2.93. The number of hydrogen-bond acceptors (Lipinski definition) is 2. The molecule has 1 atom stereocenters. The molecule has 3 heteroatoms. The van der Waals surface area contributed by atoms with Crippen molar-refractivity contribution in [1.82, 2.24) is 15.1 Å². The average molecular weight is 285 g/mol. The van der Waals surface area contributed by atoms with Crippen molar-refractivity contribution in [1.29, 1.82) is 0 Å². The minimum atomic E-state index is 0.224. The molecular formula is C18H27N3. The Morgan fingerprint density at radius 2 is 1.71 bits per heavy atom. The Bertz CT molecular complexity index is 540. The third kappa shape index (κ3) is 3.94. The van der Waals surface area contributed by atoms with E-state index in [1.54, 1.807) is 0 Å². The van der Waals surface area contributed by atoms with Gasteiger partial charge < -0.3 is 5.32 Å². The van der Waals surface area contributed by atoms with E-state index in [4.69, 9.17) is 0 Å². The summed E-state index contributed by atoms with van der Waals surface area (Å²) in [5.74, 6) is 0.573. The van der Waals surface area contributed by atoms with Crippen LogP contribution >= 0.6 is 0 Å². The maximum Gasteiger partial charge on any atom is 0.0607 e. The van der Waals surface area contributed by atoms with Crippen molar-refractivity contribution in [3.8, 4) is 0 Å². The summed E-state index contributed by atoms with van der Waals surface area (Å²) in [6, 6.07) is 9.17. The smallest absolute Gasteiger partial charge is 0.0607 e. The van der Waals surface area contributed by atoms with Crippen LogP contribution in [0.4, 0.5) is 0 Å². The van der Waals surface area contributed by atoms with Gasteiger partial charge in [-0.05, 0) is 30.0 Å². The predicted molar refractivity (Wildman–Crippen MR) is 88.6 cm³/mol. The number of aromatic nitrogens is 2. The summed E-state index contributed by atoms with van der Waals surface area (Å²) in [5, 5.41) is 8.02. The van der Waals surface area contributed by atoms with Gasteiger partial charge in [-0.15, -0.1) is 0 Å². The maximum absolute atomic E-state index is 4.46. The van der Waals surface area contributed by atoms with Crippen LogP contribution in [0.5, 0.6) is 0 Å². The van der Waals surface area contributed by atoms with Gasteiger partial charge in [0.05, 0.1) is 12.2 Å². The highest BCUT2D eigenvalue weighted by Crippen LogP contribution is 2.24. The first-order valence-corrected chi connectivity index (χ1v) is 8.01. The third-order valence-electron chi connectivity index (χ3n) is 3.78. The molecule has 3 nitrogen and oxygen atoms in total. The van der Waals surface area contributed by atoms with E-state index in [0.29, 0.717) is 5.92 Å². The lowest BCUT2D eigenvalue weighted by Crippen LogP contribution is -2.21. The Balaban J connectivity index is 2.24. The molecule has 1 unspecified atom stereocenters. The Hall–Kier alpha value is -1.61. The zero-order valence-corrected chi connectivity index (χ0v) is 13.6. The number of nitrogens with one attached hydrogen (secondary N) is 1. The lowest BCUT2D eigenvalue weighted by Gasteiger charge is -2.18. The van der Waals surface area contributed by atoms with Gasteiger partial charge >= 0.3 is 0 Å². The van der Waals surface area contributed by atoms with Crippen LogP contribution in [0, 0.1) is 0 Å². The van der Waals surface area contributed by atoms with E-state index in [-0.39, 0.29) is 6.04 Å². The van der Waals surface area contributed by atoms with Crippen molar-refractivity contribution in [3.05, 3.63) is 53.3 Å². The van der Waals surface area contributed by atoms with Crippen LogP contribution < -0.4 is 5.32 Å². The minimum Gasteiger partial charge on any atom is -0.306 e. The lowest BCUT2D eigenvalue weighted by molar-refractivity contribution is 0.597. The van der Waals surface area contributed by atoms with Gasteiger partial charge in [0.2, 0.25) is 0 Å². The molecule has 0 aliphatic rings. The predicted octanol–water partition coefficient (Wildman–Crippen LogP) is 4.12. The fraction of sp³-hybridized carbons (Fsp3) is 0.500. The molecule has 0 spiro atoms. The van der Waals surface area contributed by atoms with E-state index in [0.717, 1.165) is 19.5 Å². The van der Waals surface area contributed by atoms with Gasteiger partial charge in [0.1, 0.15) is 0 Å². The van der Waals surface area contributed by atoms with E-state index in [1.807, 2.05) is 10.9 Å². The Morgan fingerprint density at radius 1 is 1.05 bits per heavy atom. The quantitative estimate of drug-likeness (QED) is 0.829. The second kappa shape index (κ2) is 7.41. The first-order valence-electron chi connectivity index (χ1n) is 8.01. The molecule has 0 saturated carbocycles. The molecule has 0 saturated heterocycles. The zero-order chi connectivity index (χ0) is 15.2. The number of nitrogens with zero attached hydrogens (tertiary/aromatic N) is 2. The van der Waals surface area contributed by atoms with Crippen molar-refractivity contribution in [2.24, 2.45) is 0 Å². The second-order valence-corrected chi connectivity index (χ2v) is 5.85. The molecule has 0 amide bonds. The summed E-state index contributed by atoms with van der Waals surface area (Å²) < 4.78 is 2.03. The van der Waals surface area contributed by atoms with Crippen LogP contribution in [0.25, 0.3) is 0 Å². The van der Waals surface area contributed by atoms with E-state index < -0.39 is 0 Å². The van der Waals surface area contributed by atoms with Crippen LogP contribution in [0.2, 0.25) is 0 Å². The van der Waals surface area contributed by atoms with Crippen molar-refractivity contribution in [3.63, 3.8) is 0 Å². The van der Waals surface area contributed by atoms with Gasteiger partial charge in [0.15, 0.2) is 0 Å². The summed E-state index contributed by atoms with van der Waals surface area (Å²) in [6.45, 7) is 10.7. The summed E-state index contributed by atoms with van der Waals surface area (Å²) >= 11 is 0. The van der Waals surface area contributed by atoms with Gasteiger partial charge in [-0.2, -0.15) is 5.10 Å². The van der Waals surface area contributed by atoms with Crippen molar-refractivity contribution in [2.75, 3.05) is 6.54 Å². The fourth-order valence-electron chi connectivity index (χ4n) is 2.59. The summed E-state index contributed by atoms with van der Waals surface area (Å²) in [5.41, 5.74) is 3.93. The van der Waals surface area contributed by atoms with E-state index >= 15 is 0 Å². The van der Waals surface area contributed by atoms with Crippen LogP contribution in [0.15, 0.2) is 36.7 Å². The minimum absolute atomic E-state index is 0.224. The van der Waals surface area contributed by atoms with E-state index in [2.05, 4.69) is 68.6 Å². The monoisotopic (exact) mass is 285 g/mol. The molecular weight excluding hydrogens is 258 g/mol. The molecule has 0 aliphatic carbocycles. The molecule has 1 aromatic heterocycles. The highest BCUT2D eigenvalue weighted by Gasteiger charge is 2.15. The maximum atomic E-state index is 4.46. The molecule has 0 aliphatic heterocycles. The highest BCUT2D eigenvalue weighted by molar-refractivity contribution is 5.32. The summed E-state index contributed by atoms with van der Waals surface area (Å²) in [6.07, 6.45) is 5.25. The summed E-state index contributed by atoms with van der Waals surface area (Å²) in [7, 11) is 0. The number of rotatable bonds is 7. The molecule has 1 N–H and O–H groups in total. The Morgan fingerprint density at radius 3 is 2.29 bits per heavy atom. The van der Waals surface area contributed by atoms with Crippen LogP contribution in [-0.2, 0) is 6.54 Å². The molecule has 0 bridgehead atoms. The highest BCUT2D eigenvalue weighted by atomic mass is 15.3. The van der Waals surface area contributed by atoms with Crippen molar-refractivity contribution in [2.45, 2.75) is 52.6 Å². The zero-order valence-electron chi connectivity index (χ0n) is 13.6. The van der Waals surface area contributed by atoms with Crippen molar-refractivity contribution >= 4 is 0 Å². The third-order valence-corrected chi connectivity index (χ3v) is 3.78. The molecule has 2 aromatic rings. The lowest BCUT2D eigenvalue weighted by atomic mass is 9.97. The van der Waals surface area contributed by atoms with Gasteiger partial charge in [-0.25, -0.2) is 0 Å². The standard InChI is InChI=1S/C18H27N3/c1-5-11-21-13-17(12-20-21)18(19-6-2)16-9-7-15(8-10-16)14(3)4/h7-10,12-14,18-19H,5-6,11H2,1-4H3. The van der Waals surface area contributed by atoms with E-state index in [9.17, 15) is 0 Å². The van der Waals surface area contributed by atoms with Crippen molar-refractivity contribution < 1.29 is 0 Å². The topological polar surface area (TPSA) is 29.9 Å². The molecule has 21 heavy (non-hydrogen) atoms. The number of aryl methyl sites for hydroxylation is 1. The molecule has 1 aromatic carbocycles. The van der Waals surface area contributed by atoms with Crippen LogP contribution in [0.3, 0.4) is 0 Å².